The van der Waals surface area contributed by atoms with Crippen molar-refractivity contribution in [3.63, 3.8) is 0 Å². The summed E-state index contributed by atoms with van der Waals surface area (Å²) in [5, 5.41) is 6.04. The fourth-order valence-corrected chi connectivity index (χ4v) is 2.43. The Morgan fingerprint density at radius 3 is 2.72 bits per heavy atom. The van der Waals surface area contributed by atoms with Crippen LogP contribution in [0.4, 0.5) is 5.82 Å². The van der Waals surface area contributed by atoms with E-state index >= 15 is 0 Å². The molecule has 1 amide bonds. The molecule has 0 saturated heterocycles. The maximum absolute atomic E-state index is 12.3. The third kappa shape index (κ3) is 4.91. The molecule has 6 heteroatoms. The van der Waals surface area contributed by atoms with E-state index in [2.05, 4.69) is 32.7 Å². The zero-order valence-electron chi connectivity index (χ0n) is 14.0. The summed E-state index contributed by atoms with van der Waals surface area (Å²) in [6, 6.07) is 15.5. The van der Waals surface area contributed by atoms with Crippen molar-refractivity contribution in [3.05, 3.63) is 77.6 Å². The molecule has 0 fully saturated rings. The van der Waals surface area contributed by atoms with Crippen LogP contribution >= 0.6 is 0 Å². The van der Waals surface area contributed by atoms with Crippen LogP contribution < -0.4 is 10.6 Å². The van der Waals surface area contributed by atoms with Crippen LogP contribution in [0.2, 0.25) is 0 Å². The topological polar surface area (TPSA) is 80.0 Å². The lowest BCUT2D eigenvalue weighted by Crippen LogP contribution is -2.24. The first-order valence-electron chi connectivity index (χ1n) is 8.15. The first-order valence-corrected chi connectivity index (χ1v) is 8.15. The molecular weight excluding hydrogens is 316 g/mol. The lowest BCUT2D eigenvalue weighted by Gasteiger charge is -2.09. The van der Waals surface area contributed by atoms with Crippen molar-refractivity contribution in [1.29, 1.82) is 0 Å². The average molecular weight is 336 g/mol. The summed E-state index contributed by atoms with van der Waals surface area (Å²) in [7, 11) is 0. The molecule has 128 valence electrons. The van der Waals surface area contributed by atoms with Gasteiger partial charge in [0, 0.05) is 12.6 Å². The zero-order chi connectivity index (χ0) is 17.5. The number of hydrogen-bond donors (Lipinski definition) is 2. The number of aryl methyl sites for hydroxylation is 1. The van der Waals surface area contributed by atoms with E-state index in [-0.39, 0.29) is 5.91 Å². The standard InChI is InChI=1S/C19H20N4O2/c1-14-22-17(19(24)21-13-16-8-5-11-25-16)12-18(23-14)20-10-9-15-6-3-2-4-7-15/h2-8,11-12H,9-10,13H2,1H3,(H,21,24)(H,20,22,23). The minimum absolute atomic E-state index is 0.256. The maximum atomic E-state index is 12.3. The van der Waals surface area contributed by atoms with E-state index in [0.29, 0.717) is 29.6 Å². The molecular formula is C19H20N4O2. The minimum Gasteiger partial charge on any atom is -0.467 e. The number of aromatic nitrogens is 2. The Labute approximate surface area is 146 Å². The maximum Gasteiger partial charge on any atom is 0.270 e. The number of benzene rings is 1. The number of nitrogens with one attached hydrogen (secondary N) is 2. The van der Waals surface area contributed by atoms with Gasteiger partial charge in [-0.2, -0.15) is 0 Å². The Hall–Kier alpha value is -3.15. The second-order valence-electron chi connectivity index (χ2n) is 5.61. The first kappa shape index (κ1) is 16.7. The lowest BCUT2D eigenvalue weighted by molar-refractivity contribution is 0.0942. The van der Waals surface area contributed by atoms with Crippen LogP contribution in [0.5, 0.6) is 0 Å². The van der Waals surface area contributed by atoms with Gasteiger partial charge in [-0.1, -0.05) is 30.3 Å². The highest BCUT2D eigenvalue weighted by molar-refractivity contribution is 5.92. The summed E-state index contributed by atoms with van der Waals surface area (Å²) < 4.78 is 5.20. The van der Waals surface area contributed by atoms with Crippen LogP contribution in [-0.4, -0.2) is 22.4 Å². The smallest absolute Gasteiger partial charge is 0.270 e. The summed E-state index contributed by atoms with van der Waals surface area (Å²) in [4.78, 5) is 20.8. The Bertz CT molecular complexity index is 817. The third-order valence-electron chi connectivity index (χ3n) is 3.64. The first-order chi connectivity index (χ1) is 12.2. The minimum atomic E-state index is -0.256. The van der Waals surface area contributed by atoms with Crippen molar-refractivity contribution in [2.45, 2.75) is 19.9 Å². The normalized spacial score (nSPS) is 10.4. The highest BCUT2D eigenvalue weighted by Gasteiger charge is 2.11. The van der Waals surface area contributed by atoms with Crippen molar-refractivity contribution >= 4 is 11.7 Å². The largest absolute Gasteiger partial charge is 0.467 e. The van der Waals surface area contributed by atoms with Gasteiger partial charge in [0.1, 0.15) is 23.1 Å². The monoisotopic (exact) mass is 336 g/mol. The predicted molar refractivity (Wildman–Crippen MR) is 95.3 cm³/mol. The van der Waals surface area contributed by atoms with Crippen molar-refractivity contribution < 1.29 is 9.21 Å². The van der Waals surface area contributed by atoms with Crippen LogP contribution in [0.15, 0.2) is 59.2 Å². The van der Waals surface area contributed by atoms with Crippen molar-refractivity contribution in [2.24, 2.45) is 0 Å². The molecule has 0 aliphatic heterocycles. The lowest BCUT2D eigenvalue weighted by atomic mass is 10.1. The number of nitrogens with zero attached hydrogens (tertiary/aromatic N) is 2. The highest BCUT2D eigenvalue weighted by Crippen LogP contribution is 2.08. The summed E-state index contributed by atoms with van der Waals surface area (Å²) in [5.74, 6) is 1.63. The van der Waals surface area contributed by atoms with E-state index in [1.807, 2.05) is 24.3 Å². The van der Waals surface area contributed by atoms with Crippen LogP contribution in [0.1, 0.15) is 27.6 Å². The molecule has 0 saturated carbocycles. The van der Waals surface area contributed by atoms with Crippen LogP contribution in [0.25, 0.3) is 0 Å². The number of furan rings is 1. The fraction of sp³-hybridized carbons (Fsp3) is 0.211. The summed E-state index contributed by atoms with van der Waals surface area (Å²) >= 11 is 0. The van der Waals surface area contributed by atoms with Crippen molar-refractivity contribution in [2.75, 3.05) is 11.9 Å². The van der Waals surface area contributed by atoms with Gasteiger partial charge >= 0.3 is 0 Å². The van der Waals surface area contributed by atoms with Gasteiger partial charge in [-0.25, -0.2) is 9.97 Å². The molecule has 0 unspecified atom stereocenters. The molecule has 2 aromatic heterocycles. The zero-order valence-corrected chi connectivity index (χ0v) is 14.0. The Morgan fingerprint density at radius 2 is 1.96 bits per heavy atom. The molecule has 2 heterocycles. The molecule has 0 spiro atoms. The van der Waals surface area contributed by atoms with Gasteiger partial charge in [0.15, 0.2) is 0 Å². The average Bonchev–Trinajstić information content (AvgIpc) is 3.14. The van der Waals surface area contributed by atoms with Gasteiger partial charge in [0.25, 0.3) is 5.91 Å². The Balaban J connectivity index is 1.58. The summed E-state index contributed by atoms with van der Waals surface area (Å²) in [6.45, 7) is 2.82. The number of carbonyl (C=O) groups is 1. The van der Waals surface area contributed by atoms with Gasteiger partial charge < -0.3 is 15.1 Å². The number of anilines is 1. The number of carbonyl (C=O) groups excluding carboxylic acids is 1. The van der Waals surface area contributed by atoms with Gasteiger partial charge in [-0.05, 0) is 31.0 Å². The highest BCUT2D eigenvalue weighted by atomic mass is 16.3. The SMILES string of the molecule is Cc1nc(NCCc2ccccc2)cc(C(=O)NCc2ccco2)n1. The summed E-state index contributed by atoms with van der Waals surface area (Å²) in [6.07, 6.45) is 2.45. The van der Waals surface area contributed by atoms with Gasteiger partial charge in [-0.3, -0.25) is 4.79 Å². The second-order valence-corrected chi connectivity index (χ2v) is 5.61. The molecule has 0 aliphatic rings. The van der Waals surface area contributed by atoms with E-state index in [1.165, 1.54) is 5.56 Å². The molecule has 25 heavy (non-hydrogen) atoms. The molecule has 3 aromatic rings. The molecule has 2 N–H and O–H groups in total. The van der Waals surface area contributed by atoms with E-state index in [9.17, 15) is 4.79 Å². The molecule has 0 atom stereocenters. The number of rotatable bonds is 7. The Kier molecular flexibility index (Phi) is 5.41. The fourth-order valence-electron chi connectivity index (χ4n) is 2.43. The van der Waals surface area contributed by atoms with E-state index in [0.717, 1.165) is 13.0 Å². The predicted octanol–water partition coefficient (Wildman–Crippen LogP) is 2.96. The molecule has 3 rings (SSSR count). The second kappa shape index (κ2) is 8.10. The molecule has 6 nitrogen and oxygen atoms in total. The Morgan fingerprint density at radius 1 is 1.12 bits per heavy atom. The molecule has 0 aliphatic carbocycles. The van der Waals surface area contributed by atoms with Crippen LogP contribution in [-0.2, 0) is 13.0 Å². The molecule has 0 radical (unpaired) electrons. The van der Waals surface area contributed by atoms with E-state index in [4.69, 9.17) is 4.42 Å². The molecule has 1 aromatic carbocycles. The van der Waals surface area contributed by atoms with Crippen molar-refractivity contribution in [3.8, 4) is 0 Å². The van der Waals surface area contributed by atoms with E-state index in [1.54, 1.807) is 25.3 Å². The van der Waals surface area contributed by atoms with Gasteiger partial charge in [-0.15, -0.1) is 0 Å². The number of amides is 1. The summed E-state index contributed by atoms with van der Waals surface area (Å²) in [5.41, 5.74) is 1.58. The van der Waals surface area contributed by atoms with E-state index < -0.39 is 0 Å². The quantitative estimate of drug-likeness (QED) is 0.693. The molecule has 0 bridgehead atoms. The van der Waals surface area contributed by atoms with Crippen molar-refractivity contribution in [1.82, 2.24) is 15.3 Å². The van der Waals surface area contributed by atoms with Crippen LogP contribution in [0.3, 0.4) is 0 Å². The number of hydrogen-bond acceptors (Lipinski definition) is 5. The van der Waals surface area contributed by atoms with Crippen LogP contribution in [0, 0.1) is 6.92 Å². The third-order valence-corrected chi connectivity index (χ3v) is 3.64. The van der Waals surface area contributed by atoms with Gasteiger partial charge in [0.2, 0.25) is 0 Å². The van der Waals surface area contributed by atoms with Gasteiger partial charge in [0.05, 0.1) is 12.8 Å².